The Bertz CT molecular complexity index is 1160. The van der Waals surface area contributed by atoms with Crippen LogP contribution in [0.1, 0.15) is 11.1 Å². The van der Waals surface area contributed by atoms with Crippen LogP contribution < -0.4 is 19.0 Å². The Morgan fingerprint density at radius 1 is 0.968 bits per heavy atom. The van der Waals surface area contributed by atoms with E-state index < -0.39 is 10.0 Å². The highest BCUT2D eigenvalue weighted by Gasteiger charge is 2.12. The molecule has 31 heavy (non-hydrogen) atoms. The predicted molar refractivity (Wildman–Crippen MR) is 120 cm³/mol. The van der Waals surface area contributed by atoms with Gasteiger partial charge in [-0.25, -0.2) is 4.83 Å². The molecule has 0 amide bonds. The maximum atomic E-state index is 12.4. The average Bonchev–Trinajstić information content (AvgIpc) is 2.78. The highest BCUT2D eigenvalue weighted by atomic mass is 35.5. The van der Waals surface area contributed by atoms with Crippen molar-refractivity contribution in [3.8, 4) is 17.2 Å². The molecule has 0 atom stereocenters. The van der Waals surface area contributed by atoms with Crippen LogP contribution >= 0.6 is 11.6 Å². The van der Waals surface area contributed by atoms with Crippen LogP contribution in [-0.2, 0) is 16.6 Å². The maximum absolute atomic E-state index is 12.4. The molecule has 0 saturated heterocycles. The first-order valence-corrected chi connectivity index (χ1v) is 11.0. The van der Waals surface area contributed by atoms with Gasteiger partial charge in [0.1, 0.15) is 23.9 Å². The zero-order valence-electron chi connectivity index (χ0n) is 16.9. The van der Waals surface area contributed by atoms with E-state index in [9.17, 15) is 8.42 Å². The summed E-state index contributed by atoms with van der Waals surface area (Å²) in [4.78, 5) is 2.28. The fourth-order valence-electron chi connectivity index (χ4n) is 2.69. The van der Waals surface area contributed by atoms with E-state index in [0.717, 1.165) is 5.56 Å². The van der Waals surface area contributed by atoms with E-state index in [1.54, 1.807) is 61.7 Å². The van der Waals surface area contributed by atoms with Gasteiger partial charge in [0.25, 0.3) is 10.0 Å². The number of hydrazone groups is 1. The third kappa shape index (κ3) is 6.13. The Morgan fingerprint density at radius 3 is 2.42 bits per heavy atom. The quantitative estimate of drug-likeness (QED) is 0.381. The molecule has 0 unspecified atom stereocenters. The van der Waals surface area contributed by atoms with E-state index in [0.29, 0.717) is 27.8 Å². The molecule has 3 rings (SSSR count). The van der Waals surface area contributed by atoms with Crippen LogP contribution in [0.15, 0.2) is 76.7 Å². The van der Waals surface area contributed by atoms with Crippen LogP contribution in [0, 0.1) is 0 Å². The zero-order chi connectivity index (χ0) is 22.3. The Kier molecular flexibility index (Phi) is 7.38. The Morgan fingerprint density at radius 2 is 1.74 bits per heavy atom. The van der Waals surface area contributed by atoms with Gasteiger partial charge in [0.2, 0.25) is 0 Å². The van der Waals surface area contributed by atoms with Gasteiger partial charge in [-0.1, -0.05) is 17.7 Å². The van der Waals surface area contributed by atoms with Crippen molar-refractivity contribution in [3.05, 3.63) is 82.9 Å². The molecule has 3 aromatic rings. The van der Waals surface area contributed by atoms with Gasteiger partial charge in [-0.15, -0.1) is 0 Å². The van der Waals surface area contributed by atoms with E-state index in [4.69, 9.17) is 25.8 Å². The van der Waals surface area contributed by atoms with E-state index in [-0.39, 0.29) is 11.5 Å². The minimum atomic E-state index is -3.79. The van der Waals surface area contributed by atoms with E-state index in [2.05, 4.69) is 9.93 Å². The van der Waals surface area contributed by atoms with Gasteiger partial charge < -0.3 is 14.2 Å². The molecule has 0 bridgehead atoms. The second kappa shape index (κ2) is 10.2. The first-order valence-electron chi connectivity index (χ1n) is 9.15. The van der Waals surface area contributed by atoms with Gasteiger partial charge in [-0.05, 0) is 66.2 Å². The van der Waals surface area contributed by atoms with Crippen molar-refractivity contribution >= 4 is 27.8 Å². The lowest BCUT2D eigenvalue weighted by Gasteiger charge is -2.11. The molecule has 0 spiro atoms. The normalized spacial score (nSPS) is 11.3. The molecule has 7 nitrogen and oxygen atoms in total. The molecule has 0 radical (unpaired) electrons. The van der Waals surface area contributed by atoms with Gasteiger partial charge in [0.05, 0.1) is 25.3 Å². The second-order valence-electron chi connectivity index (χ2n) is 6.35. The second-order valence-corrected chi connectivity index (χ2v) is 8.44. The molecule has 0 aliphatic rings. The van der Waals surface area contributed by atoms with Crippen molar-refractivity contribution in [3.63, 3.8) is 0 Å². The largest absolute Gasteiger partial charge is 0.497 e. The first kappa shape index (κ1) is 22.5. The van der Waals surface area contributed by atoms with Crippen molar-refractivity contribution < 1.29 is 22.6 Å². The van der Waals surface area contributed by atoms with Gasteiger partial charge in [0.15, 0.2) is 0 Å². The number of methoxy groups -OCH3 is 2. The SMILES string of the molecule is COc1ccc(S(=O)(=O)NN=Cc2ccc(OC)c(COc3cccc(Cl)c3)c2)cc1. The Labute approximate surface area is 186 Å². The van der Waals surface area contributed by atoms with Crippen molar-refractivity contribution in [1.82, 2.24) is 4.83 Å². The molecular formula is C22H21ClN2O5S. The lowest BCUT2D eigenvalue weighted by Crippen LogP contribution is -2.18. The fourth-order valence-corrected chi connectivity index (χ4v) is 3.66. The lowest BCUT2D eigenvalue weighted by atomic mass is 10.1. The summed E-state index contributed by atoms with van der Waals surface area (Å²) in [7, 11) is -0.720. The smallest absolute Gasteiger partial charge is 0.276 e. The molecule has 0 fully saturated rings. The van der Waals surface area contributed by atoms with Gasteiger partial charge in [-0.2, -0.15) is 13.5 Å². The maximum Gasteiger partial charge on any atom is 0.276 e. The molecule has 1 N–H and O–H groups in total. The van der Waals surface area contributed by atoms with E-state index in [1.807, 2.05) is 0 Å². The average molecular weight is 461 g/mol. The third-order valence-corrected chi connectivity index (χ3v) is 5.72. The number of rotatable bonds is 9. The molecule has 0 aliphatic heterocycles. The molecule has 3 aromatic carbocycles. The molecule has 0 aromatic heterocycles. The van der Waals surface area contributed by atoms with Crippen LogP contribution in [-0.4, -0.2) is 28.9 Å². The first-order chi connectivity index (χ1) is 14.9. The fraction of sp³-hybridized carbons (Fsp3) is 0.136. The van der Waals surface area contributed by atoms with Crippen LogP contribution in [0.5, 0.6) is 17.2 Å². The molecule has 162 valence electrons. The minimum absolute atomic E-state index is 0.0794. The topological polar surface area (TPSA) is 86.2 Å². The van der Waals surface area contributed by atoms with Gasteiger partial charge in [0, 0.05) is 10.6 Å². The van der Waals surface area contributed by atoms with Gasteiger partial charge in [-0.3, -0.25) is 0 Å². The number of hydrogen-bond donors (Lipinski definition) is 1. The number of nitrogens with one attached hydrogen (secondary N) is 1. The number of sulfonamides is 1. The summed E-state index contributed by atoms with van der Waals surface area (Å²) >= 11 is 5.98. The number of benzene rings is 3. The summed E-state index contributed by atoms with van der Waals surface area (Å²) in [5.74, 6) is 1.83. The van der Waals surface area contributed by atoms with Crippen molar-refractivity contribution in [2.75, 3.05) is 14.2 Å². The highest BCUT2D eigenvalue weighted by Crippen LogP contribution is 2.23. The summed E-state index contributed by atoms with van der Waals surface area (Å²) in [5, 5.41) is 4.44. The van der Waals surface area contributed by atoms with Crippen LogP contribution in [0.2, 0.25) is 5.02 Å². The zero-order valence-corrected chi connectivity index (χ0v) is 18.5. The van der Waals surface area contributed by atoms with Crippen molar-refractivity contribution in [2.45, 2.75) is 11.5 Å². The van der Waals surface area contributed by atoms with E-state index >= 15 is 0 Å². The number of nitrogens with zero attached hydrogens (tertiary/aromatic N) is 1. The number of halogens is 1. The minimum Gasteiger partial charge on any atom is -0.497 e. The van der Waals surface area contributed by atoms with Crippen molar-refractivity contribution in [1.29, 1.82) is 0 Å². The van der Waals surface area contributed by atoms with Crippen LogP contribution in [0.25, 0.3) is 0 Å². The number of ether oxygens (including phenoxy) is 3. The molecular weight excluding hydrogens is 440 g/mol. The summed E-state index contributed by atoms with van der Waals surface area (Å²) in [5.41, 5.74) is 1.44. The standard InChI is InChI=1S/C22H21ClN2O5S/c1-28-19-7-9-21(10-8-19)31(26,27)25-24-14-16-6-11-22(29-2)17(12-16)15-30-20-5-3-4-18(23)13-20/h3-14,25H,15H2,1-2H3. The summed E-state index contributed by atoms with van der Waals surface area (Å²) in [6.45, 7) is 0.239. The summed E-state index contributed by atoms with van der Waals surface area (Å²) < 4.78 is 40.9. The number of hydrogen-bond acceptors (Lipinski definition) is 6. The summed E-state index contributed by atoms with van der Waals surface area (Å²) in [6.07, 6.45) is 1.41. The highest BCUT2D eigenvalue weighted by molar-refractivity contribution is 7.89. The van der Waals surface area contributed by atoms with Crippen molar-refractivity contribution in [2.24, 2.45) is 5.10 Å². The Balaban J connectivity index is 1.70. The molecule has 0 saturated carbocycles. The van der Waals surface area contributed by atoms with Crippen LogP contribution in [0.3, 0.4) is 0 Å². The van der Waals surface area contributed by atoms with E-state index in [1.165, 1.54) is 25.5 Å². The molecule has 0 heterocycles. The lowest BCUT2D eigenvalue weighted by molar-refractivity contribution is 0.296. The third-order valence-electron chi connectivity index (χ3n) is 4.25. The predicted octanol–water partition coefficient (Wildman–Crippen LogP) is 4.25. The van der Waals surface area contributed by atoms with Gasteiger partial charge >= 0.3 is 0 Å². The van der Waals surface area contributed by atoms with Crippen LogP contribution in [0.4, 0.5) is 0 Å². The molecule has 0 aliphatic carbocycles. The summed E-state index contributed by atoms with van der Waals surface area (Å²) in [6, 6.07) is 18.4. The Hall–Kier alpha value is -3.23. The molecule has 9 heteroatoms. The monoisotopic (exact) mass is 460 g/mol.